The van der Waals surface area contributed by atoms with Gasteiger partial charge in [0.1, 0.15) is 10.3 Å². The monoisotopic (exact) mass is 395 g/mol. The van der Waals surface area contributed by atoms with Crippen LogP contribution in [-0.4, -0.2) is 9.30 Å². The van der Waals surface area contributed by atoms with Crippen LogP contribution in [0.15, 0.2) is 48.5 Å². The van der Waals surface area contributed by atoms with Gasteiger partial charge < -0.3 is 10.3 Å². The standard InChI is InChI=1S/C23H29N3OS/c1-22(2,3)28(27)26-23(14-13-17-7-8-17,20-5-4-6-21(25)15-20)19-11-9-18(16-24)10-12-19/h4-6,9-12,15,17,26H,7-8,13-14,25H2,1-3H3/t23-,28-/m1/s1. The number of nitrogens with one attached hydrogen (secondary N) is 1. The van der Waals surface area contributed by atoms with Gasteiger partial charge in [0.2, 0.25) is 0 Å². The molecule has 148 valence electrons. The first-order chi connectivity index (χ1) is 13.2. The summed E-state index contributed by atoms with van der Waals surface area (Å²) in [5.41, 5.74) is 8.82. The fourth-order valence-electron chi connectivity index (χ4n) is 3.40. The van der Waals surface area contributed by atoms with Crippen molar-refractivity contribution in [1.82, 2.24) is 4.72 Å². The lowest BCUT2D eigenvalue weighted by Crippen LogP contribution is -2.52. The van der Waals surface area contributed by atoms with Crippen molar-refractivity contribution in [2.45, 2.75) is 56.7 Å². The molecule has 2 atom stereocenters. The third-order valence-corrected chi connectivity index (χ3v) is 6.98. The number of rotatable bonds is 7. The molecule has 0 aromatic heterocycles. The second kappa shape index (κ2) is 8.16. The summed E-state index contributed by atoms with van der Waals surface area (Å²) in [6.45, 7) is 5.92. The molecule has 3 N–H and O–H groups in total. The number of nitrogen functional groups attached to an aromatic ring is 1. The molecule has 1 aliphatic rings. The number of nitrogens with two attached hydrogens (primary N) is 1. The van der Waals surface area contributed by atoms with Crippen LogP contribution in [0.5, 0.6) is 0 Å². The van der Waals surface area contributed by atoms with Gasteiger partial charge in [0.25, 0.3) is 0 Å². The minimum Gasteiger partial charge on any atom is -0.598 e. The largest absolute Gasteiger partial charge is 0.598 e. The van der Waals surface area contributed by atoms with E-state index in [2.05, 4.69) is 10.8 Å². The molecule has 4 nitrogen and oxygen atoms in total. The Morgan fingerprint density at radius 3 is 2.36 bits per heavy atom. The maximum atomic E-state index is 13.2. The van der Waals surface area contributed by atoms with Gasteiger partial charge in [-0.1, -0.05) is 37.1 Å². The average molecular weight is 396 g/mol. The van der Waals surface area contributed by atoms with Gasteiger partial charge in [0.05, 0.1) is 11.6 Å². The summed E-state index contributed by atoms with van der Waals surface area (Å²) in [6.07, 6.45) is 4.42. The highest BCUT2D eigenvalue weighted by molar-refractivity contribution is 7.90. The highest BCUT2D eigenvalue weighted by Gasteiger charge is 2.43. The summed E-state index contributed by atoms with van der Waals surface area (Å²) in [4.78, 5) is 0. The SMILES string of the molecule is CC(C)(C)[S@@+]([O-])N[C@](CCC1CC1)(c1ccc(C#N)cc1)c1cccc(N)c1. The van der Waals surface area contributed by atoms with Crippen molar-refractivity contribution in [3.05, 3.63) is 65.2 Å². The van der Waals surface area contributed by atoms with E-state index in [1.54, 1.807) is 0 Å². The molecule has 1 fully saturated rings. The predicted octanol–water partition coefficient (Wildman–Crippen LogP) is 4.63. The highest BCUT2D eigenvalue weighted by Crippen LogP contribution is 2.42. The smallest absolute Gasteiger partial charge is 0.136 e. The molecule has 1 saturated carbocycles. The van der Waals surface area contributed by atoms with Crippen molar-refractivity contribution in [3.8, 4) is 6.07 Å². The zero-order valence-electron chi connectivity index (χ0n) is 16.9. The molecule has 2 aromatic carbocycles. The van der Waals surface area contributed by atoms with Crippen LogP contribution in [0.1, 0.15) is 63.1 Å². The van der Waals surface area contributed by atoms with E-state index < -0.39 is 21.6 Å². The average Bonchev–Trinajstić information content (AvgIpc) is 3.49. The molecule has 0 saturated heterocycles. The van der Waals surface area contributed by atoms with Crippen LogP contribution in [0, 0.1) is 17.2 Å². The first-order valence-corrected chi connectivity index (χ1v) is 11.0. The van der Waals surface area contributed by atoms with E-state index >= 15 is 0 Å². The van der Waals surface area contributed by atoms with Crippen LogP contribution in [0.4, 0.5) is 5.69 Å². The van der Waals surface area contributed by atoms with E-state index in [1.165, 1.54) is 12.8 Å². The van der Waals surface area contributed by atoms with Crippen LogP contribution in [0.25, 0.3) is 0 Å². The molecule has 5 heteroatoms. The zero-order valence-corrected chi connectivity index (χ0v) is 17.7. The molecule has 0 bridgehead atoms. The summed E-state index contributed by atoms with van der Waals surface area (Å²) in [5.74, 6) is 0.740. The van der Waals surface area contributed by atoms with Crippen LogP contribution >= 0.6 is 0 Å². The van der Waals surface area contributed by atoms with Gasteiger partial charge in [0, 0.05) is 17.0 Å². The van der Waals surface area contributed by atoms with E-state index in [0.717, 1.165) is 29.9 Å². The van der Waals surface area contributed by atoms with E-state index in [-0.39, 0.29) is 0 Å². The second-order valence-corrected chi connectivity index (χ2v) is 10.7. The van der Waals surface area contributed by atoms with Crippen LogP contribution in [0.2, 0.25) is 0 Å². The van der Waals surface area contributed by atoms with Gasteiger partial charge in [-0.2, -0.15) is 5.26 Å². The highest BCUT2D eigenvalue weighted by atomic mass is 32.2. The van der Waals surface area contributed by atoms with Gasteiger partial charge in [0.15, 0.2) is 0 Å². The van der Waals surface area contributed by atoms with Gasteiger partial charge in [-0.05, 0) is 74.9 Å². The molecule has 1 aliphatic carbocycles. The lowest BCUT2D eigenvalue weighted by Gasteiger charge is -2.39. The summed E-state index contributed by atoms with van der Waals surface area (Å²) in [6, 6.07) is 17.6. The van der Waals surface area contributed by atoms with Gasteiger partial charge >= 0.3 is 0 Å². The van der Waals surface area contributed by atoms with Crippen molar-refractivity contribution in [3.63, 3.8) is 0 Å². The normalized spacial score (nSPS) is 17.5. The zero-order chi connectivity index (χ0) is 20.4. The number of hydrogen-bond acceptors (Lipinski definition) is 4. The molecule has 0 amide bonds. The van der Waals surface area contributed by atoms with Crippen LogP contribution in [-0.2, 0) is 16.9 Å². The van der Waals surface area contributed by atoms with Crippen molar-refractivity contribution < 1.29 is 4.55 Å². The van der Waals surface area contributed by atoms with Crippen molar-refractivity contribution in [2.75, 3.05) is 5.73 Å². The lowest BCUT2D eigenvalue weighted by molar-refractivity contribution is 0.402. The van der Waals surface area contributed by atoms with E-state index in [4.69, 9.17) is 5.73 Å². The van der Waals surface area contributed by atoms with Crippen LogP contribution in [0.3, 0.4) is 0 Å². The molecule has 3 rings (SSSR count). The Kier molecular flexibility index (Phi) is 6.04. The Bertz CT molecular complexity index is 849. The molecular formula is C23H29N3OS. The number of nitriles is 1. The number of benzene rings is 2. The first-order valence-electron chi connectivity index (χ1n) is 9.81. The van der Waals surface area contributed by atoms with E-state index in [0.29, 0.717) is 11.3 Å². The van der Waals surface area contributed by atoms with Gasteiger partial charge in [-0.25, -0.2) is 0 Å². The molecular weight excluding hydrogens is 366 g/mol. The number of nitrogens with zero attached hydrogens (tertiary/aromatic N) is 1. The molecule has 0 spiro atoms. The Hall–Kier alpha value is -2.00. The fraction of sp³-hybridized carbons (Fsp3) is 0.435. The van der Waals surface area contributed by atoms with E-state index in [9.17, 15) is 9.81 Å². The quantitative estimate of drug-likeness (QED) is 0.529. The van der Waals surface area contributed by atoms with Crippen molar-refractivity contribution in [2.24, 2.45) is 5.92 Å². The van der Waals surface area contributed by atoms with Gasteiger partial charge in [-0.15, -0.1) is 4.72 Å². The van der Waals surface area contributed by atoms with E-state index in [1.807, 2.05) is 69.3 Å². The molecule has 0 heterocycles. The first kappa shape index (κ1) is 20.7. The van der Waals surface area contributed by atoms with Gasteiger partial charge in [-0.3, -0.25) is 0 Å². The maximum absolute atomic E-state index is 13.2. The summed E-state index contributed by atoms with van der Waals surface area (Å²) in [5, 5.41) is 9.19. The third kappa shape index (κ3) is 4.70. The molecule has 0 aliphatic heterocycles. The summed E-state index contributed by atoms with van der Waals surface area (Å²) < 4.78 is 16.3. The fourth-order valence-corrected chi connectivity index (χ4v) is 4.36. The third-order valence-electron chi connectivity index (χ3n) is 5.33. The number of anilines is 1. The minimum atomic E-state index is -1.27. The predicted molar refractivity (Wildman–Crippen MR) is 116 cm³/mol. The summed E-state index contributed by atoms with van der Waals surface area (Å²) >= 11 is -1.27. The Morgan fingerprint density at radius 1 is 1.14 bits per heavy atom. The lowest BCUT2D eigenvalue weighted by atomic mass is 9.79. The molecule has 0 radical (unpaired) electrons. The number of hydrogen-bond donors (Lipinski definition) is 2. The molecule has 28 heavy (non-hydrogen) atoms. The Morgan fingerprint density at radius 2 is 1.82 bits per heavy atom. The molecule has 2 aromatic rings. The van der Waals surface area contributed by atoms with Crippen LogP contribution < -0.4 is 10.5 Å². The Labute approximate surface area is 171 Å². The maximum Gasteiger partial charge on any atom is 0.136 e. The topological polar surface area (TPSA) is 84.9 Å². The molecule has 0 unspecified atom stereocenters. The Balaban J connectivity index is 2.12. The van der Waals surface area contributed by atoms with Crippen molar-refractivity contribution in [1.29, 1.82) is 5.26 Å². The van der Waals surface area contributed by atoms with Crippen molar-refractivity contribution >= 4 is 17.0 Å². The second-order valence-electron chi connectivity index (χ2n) is 8.69. The summed E-state index contributed by atoms with van der Waals surface area (Å²) in [7, 11) is 0. The minimum absolute atomic E-state index is 0.405.